The van der Waals surface area contributed by atoms with E-state index in [-0.39, 0.29) is 6.42 Å². The number of nitrogens with zero attached hydrogens (tertiary/aromatic N) is 1. The maximum Gasteiger partial charge on any atom is 0.305 e. The number of rotatable bonds is 4. The first kappa shape index (κ1) is 11.9. The number of aliphatic carboxylic acids is 1. The van der Waals surface area contributed by atoms with Crippen LogP contribution >= 0.6 is 15.9 Å². The molecule has 82 valence electrons. The molecule has 1 heterocycles. The van der Waals surface area contributed by atoms with Crippen molar-refractivity contribution in [2.24, 2.45) is 5.73 Å². The molecule has 5 nitrogen and oxygen atoms in total. The predicted octanol–water partition coefficient (Wildman–Crippen LogP) is 1.33. The molecule has 1 aromatic rings. The fourth-order valence-electron chi connectivity index (χ4n) is 1.24. The van der Waals surface area contributed by atoms with Gasteiger partial charge in [-0.05, 0) is 22.0 Å². The maximum absolute atomic E-state index is 10.5. The number of pyridine rings is 1. The zero-order valence-corrected chi connectivity index (χ0v) is 9.69. The monoisotopic (exact) mass is 274 g/mol. The molecule has 0 aliphatic carbocycles. The zero-order chi connectivity index (χ0) is 11.4. The van der Waals surface area contributed by atoms with Gasteiger partial charge in [-0.15, -0.1) is 0 Å². The summed E-state index contributed by atoms with van der Waals surface area (Å²) in [7, 11) is 1.50. The minimum absolute atomic E-state index is 0.166. The molecular weight excluding hydrogens is 264 g/mol. The topological polar surface area (TPSA) is 85.4 Å². The third kappa shape index (κ3) is 2.90. The smallest absolute Gasteiger partial charge is 0.305 e. The van der Waals surface area contributed by atoms with Gasteiger partial charge >= 0.3 is 5.97 Å². The number of hydrogen-bond acceptors (Lipinski definition) is 4. The summed E-state index contributed by atoms with van der Waals surface area (Å²) in [6.45, 7) is 0. The molecule has 1 rings (SSSR count). The lowest BCUT2D eigenvalue weighted by atomic mass is 10.1. The van der Waals surface area contributed by atoms with Crippen LogP contribution in [0.3, 0.4) is 0 Å². The van der Waals surface area contributed by atoms with Crippen molar-refractivity contribution in [3.8, 4) is 5.75 Å². The zero-order valence-electron chi connectivity index (χ0n) is 8.11. The van der Waals surface area contributed by atoms with E-state index in [9.17, 15) is 4.79 Å². The van der Waals surface area contributed by atoms with Crippen LogP contribution in [-0.4, -0.2) is 23.2 Å². The van der Waals surface area contributed by atoms with E-state index in [1.54, 1.807) is 12.3 Å². The van der Waals surface area contributed by atoms with E-state index in [4.69, 9.17) is 15.6 Å². The molecule has 0 bridgehead atoms. The van der Waals surface area contributed by atoms with E-state index in [0.29, 0.717) is 15.9 Å². The Kier molecular flexibility index (Phi) is 4.05. The molecule has 0 spiro atoms. The molecule has 0 aliphatic heterocycles. The van der Waals surface area contributed by atoms with Crippen LogP contribution in [0.1, 0.15) is 18.0 Å². The first-order valence-electron chi connectivity index (χ1n) is 4.22. The first-order chi connectivity index (χ1) is 7.06. The maximum atomic E-state index is 10.5. The van der Waals surface area contributed by atoms with Gasteiger partial charge in [-0.3, -0.25) is 4.79 Å². The highest BCUT2D eigenvalue weighted by molar-refractivity contribution is 9.10. The summed E-state index contributed by atoms with van der Waals surface area (Å²) in [6.07, 6.45) is 1.39. The molecule has 1 aromatic heterocycles. The average molecular weight is 275 g/mol. The Bertz CT molecular complexity index is 370. The van der Waals surface area contributed by atoms with Crippen LogP contribution in [0.5, 0.6) is 5.75 Å². The van der Waals surface area contributed by atoms with E-state index in [2.05, 4.69) is 20.9 Å². The van der Waals surface area contributed by atoms with Crippen molar-refractivity contribution in [1.82, 2.24) is 4.98 Å². The van der Waals surface area contributed by atoms with Gasteiger partial charge in [0.2, 0.25) is 0 Å². The Balaban J connectivity index is 3.05. The van der Waals surface area contributed by atoms with E-state index in [1.165, 1.54) is 7.11 Å². The van der Waals surface area contributed by atoms with Gasteiger partial charge in [0.15, 0.2) is 0 Å². The summed E-state index contributed by atoms with van der Waals surface area (Å²) in [5.74, 6) is -0.425. The normalized spacial score (nSPS) is 12.2. The summed E-state index contributed by atoms with van der Waals surface area (Å²) < 4.78 is 5.60. The molecular formula is C9H11BrN2O3. The van der Waals surface area contributed by atoms with Crippen molar-refractivity contribution < 1.29 is 14.6 Å². The fraction of sp³-hybridized carbons (Fsp3) is 0.333. The highest BCUT2D eigenvalue weighted by Gasteiger charge is 2.18. The summed E-state index contributed by atoms with van der Waals surface area (Å²) in [5.41, 5.74) is 6.31. The van der Waals surface area contributed by atoms with Crippen molar-refractivity contribution >= 4 is 21.9 Å². The number of hydrogen-bond donors (Lipinski definition) is 2. The van der Waals surface area contributed by atoms with Crippen LogP contribution in [0, 0.1) is 0 Å². The van der Waals surface area contributed by atoms with Gasteiger partial charge in [-0.25, -0.2) is 4.98 Å². The molecule has 0 aromatic carbocycles. The lowest BCUT2D eigenvalue weighted by molar-refractivity contribution is -0.137. The van der Waals surface area contributed by atoms with Crippen molar-refractivity contribution in [3.05, 3.63) is 22.4 Å². The molecule has 0 saturated heterocycles. The average Bonchev–Trinajstić information content (AvgIpc) is 2.15. The predicted molar refractivity (Wildman–Crippen MR) is 57.7 cm³/mol. The molecule has 0 aliphatic rings. The number of carbonyl (C=O) groups is 1. The molecule has 3 N–H and O–H groups in total. The lowest BCUT2D eigenvalue weighted by Gasteiger charge is -2.14. The van der Waals surface area contributed by atoms with Crippen LogP contribution in [0.25, 0.3) is 0 Å². The third-order valence-electron chi connectivity index (χ3n) is 1.89. The second-order valence-electron chi connectivity index (χ2n) is 2.92. The minimum atomic E-state index is -0.958. The Morgan fingerprint density at radius 1 is 1.80 bits per heavy atom. The van der Waals surface area contributed by atoms with Crippen LogP contribution < -0.4 is 10.5 Å². The van der Waals surface area contributed by atoms with Crippen molar-refractivity contribution in [3.63, 3.8) is 0 Å². The van der Waals surface area contributed by atoms with E-state index < -0.39 is 12.0 Å². The van der Waals surface area contributed by atoms with Crippen LogP contribution in [0.15, 0.2) is 16.9 Å². The van der Waals surface area contributed by atoms with Gasteiger partial charge in [0.1, 0.15) is 10.4 Å². The molecule has 0 radical (unpaired) electrons. The largest absolute Gasteiger partial charge is 0.496 e. The van der Waals surface area contributed by atoms with E-state index in [1.807, 2.05) is 0 Å². The Morgan fingerprint density at radius 3 is 3.00 bits per heavy atom. The number of nitrogens with two attached hydrogens (primary N) is 1. The van der Waals surface area contributed by atoms with Crippen LogP contribution in [0.2, 0.25) is 0 Å². The summed E-state index contributed by atoms with van der Waals surface area (Å²) >= 11 is 3.21. The number of halogens is 1. The molecule has 6 heteroatoms. The number of carboxylic acids is 1. The third-order valence-corrected chi connectivity index (χ3v) is 2.52. The molecule has 0 fully saturated rings. The minimum Gasteiger partial charge on any atom is -0.496 e. The number of ether oxygens (including phenoxy) is 1. The van der Waals surface area contributed by atoms with Gasteiger partial charge in [-0.2, -0.15) is 0 Å². The van der Waals surface area contributed by atoms with Crippen LogP contribution in [-0.2, 0) is 4.79 Å². The van der Waals surface area contributed by atoms with Gasteiger partial charge in [0, 0.05) is 17.8 Å². The van der Waals surface area contributed by atoms with Gasteiger partial charge in [-0.1, -0.05) is 0 Å². The highest BCUT2D eigenvalue weighted by Crippen LogP contribution is 2.30. The molecule has 0 saturated carbocycles. The number of methoxy groups -OCH3 is 1. The molecule has 0 amide bonds. The van der Waals surface area contributed by atoms with Crippen molar-refractivity contribution in [2.45, 2.75) is 12.5 Å². The lowest BCUT2D eigenvalue weighted by Crippen LogP contribution is -2.16. The molecule has 1 atom stereocenters. The second kappa shape index (κ2) is 5.09. The summed E-state index contributed by atoms with van der Waals surface area (Å²) in [4.78, 5) is 14.5. The summed E-state index contributed by atoms with van der Waals surface area (Å²) in [5, 5.41) is 8.64. The van der Waals surface area contributed by atoms with Crippen LogP contribution in [0.4, 0.5) is 0 Å². The quantitative estimate of drug-likeness (QED) is 0.809. The SMILES string of the molecule is COc1ccnc(Br)c1C(N)CC(=O)O. The molecule has 1 unspecified atom stereocenters. The van der Waals surface area contributed by atoms with Gasteiger partial charge in [0.25, 0.3) is 0 Å². The standard InChI is InChI=1S/C9H11BrN2O3/c1-15-6-2-3-12-9(10)8(6)5(11)4-7(13)14/h2-3,5H,4,11H2,1H3,(H,13,14). The molecule has 15 heavy (non-hydrogen) atoms. The van der Waals surface area contributed by atoms with E-state index >= 15 is 0 Å². The Hall–Kier alpha value is -1.14. The van der Waals surface area contributed by atoms with E-state index in [0.717, 1.165) is 0 Å². The van der Waals surface area contributed by atoms with Gasteiger partial charge in [0.05, 0.1) is 13.5 Å². The first-order valence-corrected chi connectivity index (χ1v) is 5.01. The van der Waals surface area contributed by atoms with Crippen molar-refractivity contribution in [2.75, 3.05) is 7.11 Å². The number of aromatic nitrogens is 1. The van der Waals surface area contributed by atoms with Gasteiger partial charge < -0.3 is 15.6 Å². The van der Waals surface area contributed by atoms with Crippen molar-refractivity contribution in [1.29, 1.82) is 0 Å². The number of carboxylic acid groups (broad SMARTS) is 1. The summed E-state index contributed by atoms with van der Waals surface area (Å²) in [6, 6.07) is 1.00. The Labute approximate surface area is 95.4 Å². The second-order valence-corrected chi connectivity index (χ2v) is 3.67. The Morgan fingerprint density at radius 2 is 2.47 bits per heavy atom. The highest BCUT2D eigenvalue weighted by atomic mass is 79.9. The fourth-order valence-corrected chi connectivity index (χ4v) is 1.84.